The van der Waals surface area contributed by atoms with Crippen molar-refractivity contribution in [2.45, 2.75) is 25.3 Å². The molecule has 0 radical (unpaired) electrons. The Morgan fingerprint density at radius 2 is 2.15 bits per heavy atom. The molecule has 0 aliphatic carbocycles. The van der Waals surface area contributed by atoms with E-state index in [1.54, 1.807) is 0 Å². The Morgan fingerprint density at radius 3 is 2.95 bits per heavy atom. The highest BCUT2D eigenvalue weighted by Gasteiger charge is 2.27. The van der Waals surface area contributed by atoms with Crippen LogP contribution >= 0.6 is 12.4 Å². The van der Waals surface area contributed by atoms with Crippen molar-refractivity contribution in [2.24, 2.45) is 5.73 Å². The SMILES string of the molecule is Cl.NCC1CCCN1C(=O)Cc1ccc2c(c1)OCO2. The maximum Gasteiger partial charge on any atom is 0.231 e. The molecule has 0 spiro atoms. The summed E-state index contributed by atoms with van der Waals surface area (Å²) in [4.78, 5) is 14.2. The number of nitrogens with zero attached hydrogens (tertiary/aromatic N) is 1. The molecule has 1 amide bonds. The molecule has 0 aromatic heterocycles. The molecule has 2 aliphatic heterocycles. The summed E-state index contributed by atoms with van der Waals surface area (Å²) in [5.74, 6) is 1.62. The van der Waals surface area contributed by atoms with Gasteiger partial charge in [-0.3, -0.25) is 4.79 Å². The lowest BCUT2D eigenvalue weighted by Crippen LogP contribution is -2.40. The zero-order valence-electron chi connectivity index (χ0n) is 11.2. The van der Waals surface area contributed by atoms with Gasteiger partial charge in [0.25, 0.3) is 0 Å². The highest BCUT2D eigenvalue weighted by atomic mass is 35.5. The molecule has 110 valence electrons. The standard InChI is InChI=1S/C14H18N2O3.ClH/c15-8-11-2-1-5-16(11)14(17)7-10-3-4-12-13(6-10)19-9-18-12;/h3-4,6,11H,1-2,5,7-9,15H2;1H. The number of likely N-dealkylation sites (tertiary alicyclic amines) is 1. The summed E-state index contributed by atoms with van der Waals surface area (Å²) in [6.07, 6.45) is 2.46. The number of carbonyl (C=O) groups excluding carboxylic acids is 1. The molecule has 20 heavy (non-hydrogen) atoms. The number of ether oxygens (including phenoxy) is 2. The minimum absolute atomic E-state index is 0. The van der Waals surface area contributed by atoms with Crippen molar-refractivity contribution >= 4 is 18.3 Å². The summed E-state index contributed by atoms with van der Waals surface area (Å²) in [5.41, 5.74) is 6.65. The Morgan fingerprint density at radius 1 is 1.35 bits per heavy atom. The van der Waals surface area contributed by atoms with Gasteiger partial charge in [-0.15, -0.1) is 12.4 Å². The highest BCUT2D eigenvalue weighted by molar-refractivity contribution is 5.85. The number of nitrogens with two attached hydrogens (primary N) is 1. The molecule has 1 atom stereocenters. The second-order valence-corrected chi connectivity index (χ2v) is 4.98. The number of hydrogen-bond donors (Lipinski definition) is 1. The minimum atomic E-state index is 0. The number of hydrogen-bond acceptors (Lipinski definition) is 4. The lowest BCUT2D eigenvalue weighted by molar-refractivity contribution is -0.131. The van der Waals surface area contributed by atoms with Crippen molar-refractivity contribution < 1.29 is 14.3 Å². The van der Waals surface area contributed by atoms with Crippen LogP contribution in [0.3, 0.4) is 0 Å². The molecule has 0 saturated carbocycles. The molecule has 2 aliphatic rings. The van der Waals surface area contributed by atoms with Crippen LogP contribution in [0.1, 0.15) is 18.4 Å². The van der Waals surface area contributed by atoms with Crippen LogP contribution in [0.4, 0.5) is 0 Å². The Bertz CT molecular complexity index is 495. The van der Waals surface area contributed by atoms with Gasteiger partial charge in [-0.05, 0) is 30.5 Å². The number of rotatable bonds is 3. The van der Waals surface area contributed by atoms with Crippen molar-refractivity contribution in [2.75, 3.05) is 19.9 Å². The molecule has 1 saturated heterocycles. The van der Waals surface area contributed by atoms with E-state index in [1.807, 2.05) is 23.1 Å². The van der Waals surface area contributed by atoms with Crippen LogP contribution in [-0.4, -0.2) is 36.7 Å². The first-order valence-corrected chi connectivity index (χ1v) is 6.66. The fraction of sp³-hybridized carbons (Fsp3) is 0.500. The van der Waals surface area contributed by atoms with Crippen LogP contribution < -0.4 is 15.2 Å². The number of benzene rings is 1. The largest absolute Gasteiger partial charge is 0.454 e. The maximum atomic E-state index is 12.3. The molecule has 2 N–H and O–H groups in total. The molecule has 2 heterocycles. The smallest absolute Gasteiger partial charge is 0.231 e. The third-order valence-corrected chi connectivity index (χ3v) is 3.76. The predicted octanol–water partition coefficient (Wildman–Crippen LogP) is 1.33. The monoisotopic (exact) mass is 298 g/mol. The zero-order valence-corrected chi connectivity index (χ0v) is 12.0. The van der Waals surface area contributed by atoms with E-state index in [1.165, 1.54) is 0 Å². The van der Waals surface area contributed by atoms with Gasteiger partial charge in [-0.1, -0.05) is 6.07 Å². The third kappa shape index (κ3) is 2.83. The summed E-state index contributed by atoms with van der Waals surface area (Å²) in [6, 6.07) is 5.86. The average molecular weight is 299 g/mol. The van der Waals surface area contributed by atoms with E-state index in [2.05, 4.69) is 0 Å². The normalized spacial score (nSPS) is 19.9. The van der Waals surface area contributed by atoms with Crippen LogP contribution in [0.25, 0.3) is 0 Å². The van der Waals surface area contributed by atoms with E-state index in [0.29, 0.717) is 13.0 Å². The van der Waals surface area contributed by atoms with E-state index in [9.17, 15) is 4.79 Å². The molecular weight excluding hydrogens is 280 g/mol. The Labute approximate surface area is 124 Å². The molecular formula is C14H19ClN2O3. The number of halogens is 1. The van der Waals surface area contributed by atoms with Crippen molar-refractivity contribution in [3.63, 3.8) is 0 Å². The molecule has 6 heteroatoms. The number of amides is 1. The van der Waals surface area contributed by atoms with Crippen LogP contribution in [0, 0.1) is 0 Å². The summed E-state index contributed by atoms with van der Waals surface area (Å²) in [7, 11) is 0. The van der Waals surface area contributed by atoms with Gasteiger partial charge < -0.3 is 20.1 Å². The fourth-order valence-electron chi connectivity index (χ4n) is 2.74. The molecule has 5 nitrogen and oxygen atoms in total. The van der Waals surface area contributed by atoms with Crippen LogP contribution in [0.5, 0.6) is 11.5 Å². The van der Waals surface area contributed by atoms with E-state index in [-0.39, 0.29) is 31.1 Å². The Kier molecular flexibility index (Phi) is 4.73. The van der Waals surface area contributed by atoms with Crippen LogP contribution in [-0.2, 0) is 11.2 Å². The summed E-state index contributed by atoms with van der Waals surface area (Å²) in [6.45, 7) is 1.63. The van der Waals surface area contributed by atoms with Gasteiger partial charge in [0.2, 0.25) is 12.7 Å². The van der Waals surface area contributed by atoms with E-state index in [0.717, 1.165) is 36.4 Å². The van der Waals surface area contributed by atoms with Gasteiger partial charge in [-0.25, -0.2) is 0 Å². The molecule has 1 aromatic rings. The van der Waals surface area contributed by atoms with Gasteiger partial charge >= 0.3 is 0 Å². The van der Waals surface area contributed by atoms with Crippen molar-refractivity contribution in [1.29, 1.82) is 0 Å². The van der Waals surface area contributed by atoms with E-state index >= 15 is 0 Å². The van der Waals surface area contributed by atoms with Gasteiger partial charge in [0.1, 0.15) is 0 Å². The van der Waals surface area contributed by atoms with Crippen molar-refractivity contribution in [3.8, 4) is 11.5 Å². The highest BCUT2D eigenvalue weighted by Crippen LogP contribution is 2.32. The Hall–Kier alpha value is -1.46. The lowest BCUT2D eigenvalue weighted by Gasteiger charge is -2.23. The van der Waals surface area contributed by atoms with Gasteiger partial charge in [0.15, 0.2) is 11.5 Å². The second-order valence-electron chi connectivity index (χ2n) is 4.98. The van der Waals surface area contributed by atoms with Crippen LogP contribution in [0.2, 0.25) is 0 Å². The first-order valence-electron chi connectivity index (χ1n) is 6.66. The second kappa shape index (κ2) is 6.33. The molecule has 1 unspecified atom stereocenters. The quantitative estimate of drug-likeness (QED) is 0.914. The molecule has 1 aromatic carbocycles. The van der Waals surface area contributed by atoms with Crippen LogP contribution in [0.15, 0.2) is 18.2 Å². The molecule has 0 bridgehead atoms. The third-order valence-electron chi connectivity index (χ3n) is 3.76. The Balaban J connectivity index is 0.00000147. The van der Waals surface area contributed by atoms with E-state index < -0.39 is 0 Å². The topological polar surface area (TPSA) is 64.8 Å². The lowest BCUT2D eigenvalue weighted by atomic mass is 10.1. The van der Waals surface area contributed by atoms with Gasteiger partial charge in [0, 0.05) is 19.1 Å². The first-order chi connectivity index (χ1) is 9.28. The maximum absolute atomic E-state index is 12.3. The average Bonchev–Trinajstić information content (AvgIpc) is 3.06. The summed E-state index contributed by atoms with van der Waals surface area (Å²) < 4.78 is 10.6. The van der Waals surface area contributed by atoms with Crippen molar-refractivity contribution in [1.82, 2.24) is 4.90 Å². The molecule has 3 rings (SSSR count). The summed E-state index contributed by atoms with van der Waals surface area (Å²) >= 11 is 0. The van der Waals surface area contributed by atoms with E-state index in [4.69, 9.17) is 15.2 Å². The first kappa shape index (κ1) is 14.9. The zero-order chi connectivity index (χ0) is 13.2. The number of fused-ring (bicyclic) bond motifs is 1. The van der Waals surface area contributed by atoms with Crippen molar-refractivity contribution in [3.05, 3.63) is 23.8 Å². The minimum Gasteiger partial charge on any atom is -0.454 e. The fourth-order valence-corrected chi connectivity index (χ4v) is 2.74. The number of carbonyl (C=O) groups is 1. The van der Waals surface area contributed by atoms with Gasteiger partial charge in [-0.2, -0.15) is 0 Å². The van der Waals surface area contributed by atoms with Gasteiger partial charge in [0.05, 0.1) is 6.42 Å². The summed E-state index contributed by atoms with van der Waals surface area (Å²) in [5, 5.41) is 0. The molecule has 1 fully saturated rings. The predicted molar refractivity (Wildman–Crippen MR) is 77.3 cm³/mol.